The fraction of sp³-hybridized carbons (Fsp3) is 0.562. The number of aliphatic hydroxyl groups excluding tert-OH is 1. The quantitative estimate of drug-likeness (QED) is 0.787. The first-order valence-electron chi connectivity index (χ1n) is 7.55. The molecular formula is C16H23N3O. The summed E-state index contributed by atoms with van der Waals surface area (Å²) in [5.74, 6) is 0. The average molecular weight is 273 g/mol. The fourth-order valence-electron chi connectivity index (χ4n) is 2.72. The Labute approximate surface area is 120 Å². The maximum atomic E-state index is 8.93. The van der Waals surface area contributed by atoms with Crippen molar-refractivity contribution in [2.45, 2.75) is 45.2 Å². The Kier molecular flexibility index (Phi) is 4.03. The van der Waals surface area contributed by atoms with E-state index in [1.807, 2.05) is 6.20 Å². The average Bonchev–Trinajstić information content (AvgIpc) is 3.21. The van der Waals surface area contributed by atoms with Gasteiger partial charge in [-0.3, -0.25) is 4.90 Å². The normalized spacial score (nSPS) is 15.3. The van der Waals surface area contributed by atoms with Crippen LogP contribution in [0.1, 0.15) is 36.9 Å². The van der Waals surface area contributed by atoms with E-state index in [-0.39, 0.29) is 0 Å². The van der Waals surface area contributed by atoms with Crippen molar-refractivity contribution in [1.82, 2.24) is 14.3 Å². The Morgan fingerprint density at radius 2 is 2.20 bits per heavy atom. The summed E-state index contributed by atoms with van der Waals surface area (Å²) in [6.07, 6.45) is 8.76. The Morgan fingerprint density at radius 1 is 1.35 bits per heavy atom. The van der Waals surface area contributed by atoms with E-state index in [1.54, 1.807) is 0 Å². The van der Waals surface area contributed by atoms with Crippen molar-refractivity contribution < 1.29 is 5.11 Å². The number of aliphatic hydroxyl groups is 1. The maximum Gasteiger partial charge on any atom is 0.136 e. The molecular weight excluding hydrogens is 250 g/mol. The number of pyridine rings is 1. The van der Waals surface area contributed by atoms with E-state index in [2.05, 4.69) is 39.5 Å². The van der Waals surface area contributed by atoms with Gasteiger partial charge in [-0.1, -0.05) is 6.07 Å². The van der Waals surface area contributed by atoms with Crippen LogP contribution in [0.2, 0.25) is 0 Å². The van der Waals surface area contributed by atoms with Crippen molar-refractivity contribution in [3.63, 3.8) is 0 Å². The molecule has 4 heteroatoms. The summed E-state index contributed by atoms with van der Waals surface area (Å²) >= 11 is 0. The van der Waals surface area contributed by atoms with Crippen LogP contribution in [-0.2, 0) is 6.54 Å². The van der Waals surface area contributed by atoms with Crippen LogP contribution in [0.5, 0.6) is 0 Å². The number of hydrogen-bond donors (Lipinski definition) is 1. The lowest BCUT2D eigenvalue weighted by Gasteiger charge is -2.21. The van der Waals surface area contributed by atoms with E-state index in [9.17, 15) is 0 Å². The summed E-state index contributed by atoms with van der Waals surface area (Å²) in [6.45, 7) is 4.45. The highest BCUT2D eigenvalue weighted by Crippen LogP contribution is 2.28. The zero-order valence-electron chi connectivity index (χ0n) is 12.1. The molecule has 20 heavy (non-hydrogen) atoms. The SMILES string of the molecule is Cc1ccc2ncc(CN(CCCCO)C3CC3)n2c1. The van der Waals surface area contributed by atoms with Gasteiger partial charge in [0.25, 0.3) is 0 Å². The highest BCUT2D eigenvalue weighted by molar-refractivity contribution is 5.41. The summed E-state index contributed by atoms with van der Waals surface area (Å²) in [6, 6.07) is 4.92. The second-order valence-electron chi connectivity index (χ2n) is 5.82. The highest BCUT2D eigenvalue weighted by Gasteiger charge is 2.29. The van der Waals surface area contributed by atoms with Gasteiger partial charge in [0, 0.05) is 25.4 Å². The summed E-state index contributed by atoms with van der Waals surface area (Å²) < 4.78 is 2.21. The Morgan fingerprint density at radius 3 is 2.95 bits per heavy atom. The molecule has 0 aliphatic heterocycles. The number of unbranched alkanes of at least 4 members (excludes halogenated alkanes) is 1. The van der Waals surface area contributed by atoms with Crippen molar-refractivity contribution in [2.24, 2.45) is 0 Å². The third kappa shape index (κ3) is 3.02. The lowest BCUT2D eigenvalue weighted by Crippen LogP contribution is -2.27. The largest absolute Gasteiger partial charge is 0.396 e. The van der Waals surface area contributed by atoms with Gasteiger partial charge in [0.1, 0.15) is 5.65 Å². The molecule has 0 amide bonds. The van der Waals surface area contributed by atoms with Gasteiger partial charge < -0.3 is 9.51 Å². The molecule has 0 saturated heterocycles. The first kappa shape index (κ1) is 13.6. The maximum absolute atomic E-state index is 8.93. The van der Waals surface area contributed by atoms with Crippen LogP contribution in [0.15, 0.2) is 24.5 Å². The molecule has 0 atom stereocenters. The monoisotopic (exact) mass is 273 g/mol. The zero-order valence-corrected chi connectivity index (χ0v) is 12.1. The van der Waals surface area contributed by atoms with Crippen molar-refractivity contribution in [1.29, 1.82) is 0 Å². The number of imidazole rings is 1. The number of fused-ring (bicyclic) bond motifs is 1. The molecule has 2 aromatic rings. The van der Waals surface area contributed by atoms with Crippen LogP contribution in [0.25, 0.3) is 5.65 Å². The number of aryl methyl sites for hydroxylation is 1. The van der Waals surface area contributed by atoms with Crippen molar-refractivity contribution in [3.05, 3.63) is 35.8 Å². The fourth-order valence-corrected chi connectivity index (χ4v) is 2.72. The summed E-state index contributed by atoms with van der Waals surface area (Å²) in [5, 5.41) is 8.93. The van der Waals surface area contributed by atoms with Gasteiger partial charge >= 0.3 is 0 Å². The van der Waals surface area contributed by atoms with Crippen molar-refractivity contribution in [3.8, 4) is 0 Å². The van der Waals surface area contributed by atoms with Crippen LogP contribution < -0.4 is 0 Å². The Hall–Kier alpha value is -1.39. The minimum absolute atomic E-state index is 0.299. The summed E-state index contributed by atoms with van der Waals surface area (Å²) in [4.78, 5) is 7.03. The topological polar surface area (TPSA) is 40.8 Å². The molecule has 108 valence electrons. The molecule has 1 aliphatic rings. The molecule has 2 aromatic heterocycles. The first-order valence-corrected chi connectivity index (χ1v) is 7.55. The zero-order chi connectivity index (χ0) is 13.9. The number of aromatic nitrogens is 2. The standard InChI is InChI=1S/C16H23N3O/c1-13-4-7-16-17-10-15(19(16)11-13)12-18(14-5-6-14)8-2-3-9-20/h4,7,10-11,14,20H,2-3,5-6,8-9,12H2,1H3. The van der Waals surface area contributed by atoms with E-state index in [0.717, 1.165) is 37.6 Å². The van der Waals surface area contributed by atoms with Gasteiger partial charge in [0.15, 0.2) is 0 Å². The molecule has 0 unspecified atom stereocenters. The van der Waals surface area contributed by atoms with Gasteiger partial charge in [-0.2, -0.15) is 0 Å². The second-order valence-corrected chi connectivity index (χ2v) is 5.82. The molecule has 2 heterocycles. The van der Waals surface area contributed by atoms with Crippen molar-refractivity contribution >= 4 is 5.65 Å². The molecule has 4 nitrogen and oxygen atoms in total. The third-order valence-corrected chi connectivity index (χ3v) is 4.01. The first-order chi connectivity index (χ1) is 9.78. The van der Waals surface area contributed by atoms with Crippen LogP contribution in [-0.4, -0.2) is 38.6 Å². The summed E-state index contributed by atoms with van der Waals surface area (Å²) in [7, 11) is 0. The second kappa shape index (κ2) is 5.94. The third-order valence-electron chi connectivity index (χ3n) is 4.01. The number of nitrogens with zero attached hydrogens (tertiary/aromatic N) is 3. The van der Waals surface area contributed by atoms with Crippen LogP contribution in [0, 0.1) is 6.92 Å². The van der Waals surface area contributed by atoms with E-state index in [4.69, 9.17) is 5.11 Å². The lowest BCUT2D eigenvalue weighted by atomic mass is 10.2. The van der Waals surface area contributed by atoms with Gasteiger partial charge in [-0.25, -0.2) is 4.98 Å². The smallest absolute Gasteiger partial charge is 0.136 e. The lowest BCUT2D eigenvalue weighted by molar-refractivity contribution is 0.226. The van der Waals surface area contributed by atoms with Gasteiger partial charge in [-0.05, 0) is 50.8 Å². The predicted octanol–water partition coefficient (Wildman–Crippen LogP) is 2.38. The molecule has 0 bridgehead atoms. The predicted molar refractivity (Wildman–Crippen MR) is 79.7 cm³/mol. The molecule has 3 rings (SSSR count). The van der Waals surface area contributed by atoms with Crippen LogP contribution in [0.3, 0.4) is 0 Å². The van der Waals surface area contributed by atoms with Crippen LogP contribution in [0.4, 0.5) is 0 Å². The molecule has 0 radical (unpaired) electrons. The highest BCUT2D eigenvalue weighted by atomic mass is 16.2. The van der Waals surface area contributed by atoms with E-state index in [1.165, 1.54) is 24.1 Å². The molecule has 1 fully saturated rings. The number of hydrogen-bond acceptors (Lipinski definition) is 3. The Bertz CT molecular complexity index is 574. The molecule has 0 spiro atoms. The minimum atomic E-state index is 0.299. The van der Waals surface area contributed by atoms with E-state index in [0.29, 0.717) is 6.61 Å². The minimum Gasteiger partial charge on any atom is -0.396 e. The van der Waals surface area contributed by atoms with Gasteiger partial charge in [-0.15, -0.1) is 0 Å². The van der Waals surface area contributed by atoms with E-state index < -0.39 is 0 Å². The van der Waals surface area contributed by atoms with Crippen LogP contribution >= 0.6 is 0 Å². The molecule has 1 aliphatic carbocycles. The molecule has 0 aromatic carbocycles. The number of rotatable bonds is 7. The summed E-state index contributed by atoms with van der Waals surface area (Å²) in [5.41, 5.74) is 3.55. The Balaban J connectivity index is 1.74. The van der Waals surface area contributed by atoms with Crippen molar-refractivity contribution in [2.75, 3.05) is 13.2 Å². The molecule has 1 N–H and O–H groups in total. The molecule has 1 saturated carbocycles. The van der Waals surface area contributed by atoms with Gasteiger partial charge in [0.2, 0.25) is 0 Å². The van der Waals surface area contributed by atoms with Gasteiger partial charge in [0.05, 0.1) is 11.9 Å². The van der Waals surface area contributed by atoms with E-state index >= 15 is 0 Å².